The molecule has 2 amide bonds. The number of ether oxygens (including phenoxy) is 2. The molecular weight excluding hydrogens is 580 g/mol. The number of aliphatic hydroxyl groups is 1. The van der Waals surface area contributed by atoms with Crippen molar-refractivity contribution in [1.29, 1.82) is 0 Å². The molecule has 0 radical (unpaired) electrons. The van der Waals surface area contributed by atoms with Gasteiger partial charge in [-0.2, -0.15) is 0 Å². The molecule has 244 valence electrons. The average Bonchev–Trinajstić information content (AvgIpc) is 3.07. The Labute approximate surface area is 272 Å². The predicted molar refractivity (Wildman–Crippen MR) is 180 cm³/mol. The maximum Gasteiger partial charge on any atom is 0.310 e. The summed E-state index contributed by atoms with van der Waals surface area (Å²) in [6, 6.07) is 27.2. The molecule has 8 heteroatoms. The number of rotatable bonds is 20. The normalized spacial score (nSPS) is 14.1. The van der Waals surface area contributed by atoms with Crippen molar-refractivity contribution >= 4 is 17.8 Å². The van der Waals surface area contributed by atoms with E-state index in [4.69, 9.17) is 9.47 Å². The van der Waals surface area contributed by atoms with Crippen molar-refractivity contribution in [3.05, 3.63) is 133 Å². The monoisotopic (exact) mass is 626 g/mol. The van der Waals surface area contributed by atoms with Gasteiger partial charge in [0.05, 0.1) is 37.1 Å². The maximum absolute atomic E-state index is 13.7. The highest BCUT2D eigenvalue weighted by Crippen LogP contribution is 2.26. The highest BCUT2D eigenvalue weighted by atomic mass is 16.5. The van der Waals surface area contributed by atoms with Crippen molar-refractivity contribution in [2.45, 2.75) is 50.3 Å². The van der Waals surface area contributed by atoms with Crippen LogP contribution < -0.4 is 10.6 Å². The number of allylic oxidation sites excluding steroid dienone is 2. The number of carbonyl (C=O) groups excluding carboxylic acids is 3. The van der Waals surface area contributed by atoms with E-state index in [-0.39, 0.29) is 32.0 Å². The van der Waals surface area contributed by atoms with Crippen LogP contribution in [0.2, 0.25) is 0 Å². The summed E-state index contributed by atoms with van der Waals surface area (Å²) in [6.45, 7) is 7.42. The Bertz CT molecular complexity index is 1370. The highest BCUT2D eigenvalue weighted by Gasteiger charge is 2.33. The number of nitrogens with one attached hydrogen (secondary N) is 2. The zero-order chi connectivity index (χ0) is 33.1. The van der Waals surface area contributed by atoms with Crippen molar-refractivity contribution in [2.24, 2.45) is 11.8 Å². The Kier molecular flexibility index (Phi) is 15.4. The fourth-order valence-electron chi connectivity index (χ4n) is 5.35. The summed E-state index contributed by atoms with van der Waals surface area (Å²) in [4.78, 5) is 40.4. The minimum Gasteiger partial charge on any atom is -0.455 e. The molecular formula is C38H46N2O6. The Morgan fingerprint density at radius 1 is 0.783 bits per heavy atom. The lowest BCUT2D eigenvalue weighted by Gasteiger charge is -2.30. The van der Waals surface area contributed by atoms with Crippen LogP contribution in [0.5, 0.6) is 0 Å². The average molecular weight is 627 g/mol. The van der Waals surface area contributed by atoms with Crippen LogP contribution in [0.3, 0.4) is 0 Å². The molecule has 0 aliphatic rings. The molecule has 0 heterocycles. The van der Waals surface area contributed by atoms with Gasteiger partial charge in [-0.3, -0.25) is 14.4 Å². The molecule has 0 unspecified atom stereocenters. The van der Waals surface area contributed by atoms with E-state index in [0.29, 0.717) is 24.8 Å². The second-order valence-corrected chi connectivity index (χ2v) is 11.3. The lowest BCUT2D eigenvalue weighted by molar-refractivity contribution is -0.158. The molecule has 46 heavy (non-hydrogen) atoms. The molecule has 3 aromatic carbocycles. The first-order chi connectivity index (χ1) is 22.4. The number of benzene rings is 3. The first-order valence-corrected chi connectivity index (χ1v) is 15.6. The molecule has 0 fully saturated rings. The largest absolute Gasteiger partial charge is 0.455 e. The van der Waals surface area contributed by atoms with Gasteiger partial charge in [-0.05, 0) is 42.4 Å². The molecule has 8 nitrogen and oxygen atoms in total. The van der Waals surface area contributed by atoms with Crippen LogP contribution in [0.25, 0.3) is 0 Å². The predicted octanol–water partition coefficient (Wildman–Crippen LogP) is 5.14. The lowest BCUT2D eigenvalue weighted by atomic mass is 9.95. The number of carbonyl (C=O) groups is 3. The molecule has 0 saturated carbocycles. The minimum absolute atomic E-state index is 0.0556. The summed E-state index contributed by atoms with van der Waals surface area (Å²) in [6.07, 6.45) is 3.92. The van der Waals surface area contributed by atoms with Crippen molar-refractivity contribution in [1.82, 2.24) is 10.6 Å². The standard InChI is InChI=1S/C38H46N2O6/c1-4-15-31(25-35(42)39-33(26-41)24-29-19-11-7-12-20-29)37(43)40-34(27-45-3)36(30-21-13-8-14-22-30)46-38(44)32(16-5-2)23-28-17-9-6-10-18-28/h4-14,17-22,31-34,36,41H,1-2,15-16,23-27H2,3H3,(H,39,42)(H,40,43)/t31-,32+,33-,34-,36-/m0/s1. The van der Waals surface area contributed by atoms with Gasteiger partial charge in [-0.1, -0.05) is 103 Å². The summed E-state index contributed by atoms with van der Waals surface area (Å²) in [5.41, 5.74) is 2.67. The van der Waals surface area contributed by atoms with Gasteiger partial charge in [0.15, 0.2) is 0 Å². The Balaban J connectivity index is 1.77. The van der Waals surface area contributed by atoms with Gasteiger partial charge in [0.25, 0.3) is 0 Å². The van der Waals surface area contributed by atoms with Crippen molar-refractivity contribution in [3.8, 4) is 0 Å². The van der Waals surface area contributed by atoms with Gasteiger partial charge in [0.2, 0.25) is 11.8 Å². The molecule has 0 aliphatic heterocycles. The quantitative estimate of drug-likeness (QED) is 0.118. The SMILES string of the molecule is C=CC[C@@H](CC(=O)N[C@H](CO)Cc1ccccc1)C(=O)N[C@@H](COC)[C@@H](OC(=O)[C@H](CC=C)Cc1ccccc1)c1ccccc1. The number of methoxy groups -OCH3 is 1. The third-order valence-corrected chi connectivity index (χ3v) is 7.68. The Hall–Kier alpha value is -4.53. The van der Waals surface area contributed by atoms with Crippen LogP contribution in [0, 0.1) is 11.8 Å². The summed E-state index contributed by atoms with van der Waals surface area (Å²) >= 11 is 0. The van der Waals surface area contributed by atoms with E-state index in [0.717, 1.165) is 11.1 Å². The second-order valence-electron chi connectivity index (χ2n) is 11.3. The van der Waals surface area contributed by atoms with Crippen molar-refractivity contribution in [2.75, 3.05) is 20.3 Å². The van der Waals surface area contributed by atoms with Gasteiger partial charge in [-0.25, -0.2) is 0 Å². The molecule has 0 spiro atoms. The number of hydrogen-bond acceptors (Lipinski definition) is 6. The fraction of sp³-hybridized carbons (Fsp3) is 0.342. The summed E-state index contributed by atoms with van der Waals surface area (Å²) < 4.78 is 11.7. The zero-order valence-electron chi connectivity index (χ0n) is 26.6. The summed E-state index contributed by atoms with van der Waals surface area (Å²) in [5, 5.41) is 15.7. The summed E-state index contributed by atoms with van der Waals surface area (Å²) in [7, 11) is 1.51. The maximum atomic E-state index is 13.7. The van der Waals surface area contributed by atoms with Crippen LogP contribution in [0.15, 0.2) is 116 Å². The van der Waals surface area contributed by atoms with E-state index in [9.17, 15) is 19.5 Å². The fourth-order valence-corrected chi connectivity index (χ4v) is 5.35. The third-order valence-electron chi connectivity index (χ3n) is 7.68. The van der Waals surface area contributed by atoms with Crippen LogP contribution >= 0.6 is 0 Å². The van der Waals surface area contributed by atoms with Crippen molar-refractivity contribution < 1.29 is 29.0 Å². The molecule has 0 aromatic heterocycles. The molecule has 3 N–H and O–H groups in total. The van der Waals surface area contributed by atoms with Crippen LogP contribution in [-0.2, 0) is 36.7 Å². The number of amides is 2. The number of aliphatic hydroxyl groups excluding tert-OH is 1. The smallest absolute Gasteiger partial charge is 0.310 e. The second kappa shape index (κ2) is 19.8. The van der Waals surface area contributed by atoms with Gasteiger partial charge in [0.1, 0.15) is 6.10 Å². The molecule has 0 aliphatic carbocycles. The first-order valence-electron chi connectivity index (χ1n) is 15.6. The highest BCUT2D eigenvalue weighted by molar-refractivity contribution is 5.86. The lowest BCUT2D eigenvalue weighted by Crippen LogP contribution is -2.47. The van der Waals surface area contributed by atoms with Crippen LogP contribution in [0.4, 0.5) is 0 Å². The van der Waals surface area contributed by atoms with Gasteiger partial charge >= 0.3 is 5.97 Å². The topological polar surface area (TPSA) is 114 Å². The van der Waals surface area contributed by atoms with Gasteiger partial charge in [0, 0.05) is 13.5 Å². The van der Waals surface area contributed by atoms with E-state index < -0.39 is 41.9 Å². The van der Waals surface area contributed by atoms with Crippen LogP contribution in [0.1, 0.15) is 42.1 Å². The summed E-state index contributed by atoms with van der Waals surface area (Å²) in [5.74, 6) is -2.39. The third kappa shape index (κ3) is 11.8. The van der Waals surface area contributed by atoms with Crippen molar-refractivity contribution in [3.63, 3.8) is 0 Å². The Morgan fingerprint density at radius 2 is 1.33 bits per heavy atom. The molecule has 3 rings (SSSR count). The van der Waals surface area contributed by atoms with Gasteiger partial charge in [-0.15, -0.1) is 13.2 Å². The first kappa shape index (κ1) is 35.9. The minimum atomic E-state index is -0.858. The van der Waals surface area contributed by atoms with E-state index in [1.165, 1.54) is 7.11 Å². The van der Waals surface area contributed by atoms with E-state index in [1.54, 1.807) is 12.2 Å². The molecule has 0 bridgehead atoms. The Morgan fingerprint density at radius 3 is 1.87 bits per heavy atom. The van der Waals surface area contributed by atoms with E-state index in [1.807, 2.05) is 91.0 Å². The van der Waals surface area contributed by atoms with Crippen LogP contribution in [-0.4, -0.2) is 55.3 Å². The number of hydrogen-bond donors (Lipinski definition) is 3. The van der Waals surface area contributed by atoms with E-state index in [2.05, 4.69) is 23.8 Å². The zero-order valence-corrected chi connectivity index (χ0v) is 26.6. The number of esters is 1. The molecule has 0 saturated heterocycles. The van der Waals surface area contributed by atoms with Gasteiger partial charge < -0.3 is 25.2 Å². The molecule has 5 atom stereocenters. The molecule has 3 aromatic rings. The van der Waals surface area contributed by atoms with E-state index >= 15 is 0 Å².